The smallest absolute Gasteiger partial charge is 0.153 e. The van der Waals surface area contributed by atoms with Gasteiger partial charge in [-0.3, -0.25) is 0 Å². The summed E-state index contributed by atoms with van der Waals surface area (Å²) >= 11 is 0. The van der Waals surface area contributed by atoms with Crippen LogP contribution in [0.15, 0.2) is 121 Å². The number of hydrogen-bond donors (Lipinski definition) is 2. The lowest BCUT2D eigenvalue weighted by Crippen LogP contribution is -2.28. The molecule has 1 aliphatic carbocycles. The maximum atomic E-state index is 6.42. The Bertz CT molecular complexity index is 1900. The standard InChI is InChI=1S/C41H36N2O2/c1-25-11-9-17-35(42)39(25)44-37-21-19-29(23-27(37)3)41(33-15-7-5-13-31(33)32-14-6-8-16-34(32)41)30-20-22-38(28(4)24-30)45-40-26(2)12-10-18-36(40)43/h5-24H,42-43H2,1-4H3. The van der Waals surface area contributed by atoms with Gasteiger partial charge in [0.2, 0.25) is 0 Å². The molecule has 1 aliphatic rings. The fourth-order valence-corrected chi connectivity index (χ4v) is 6.87. The third kappa shape index (κ3) is 4.53. The molecular weight excluding hydrogens is 552 g/mol. The zero-order valence-electron chi connectivity index (χ0n) is 26.0. The first kappa shape index (κ1) is 28.3. The lowest BCUT2D eigenvalue weighted by atomic mass is 9.67. The van der Waals surface area contributed by atoms with Gasteiger partial charge in [0.1, 0.15) is 11.5 Å². The van der Waals surface area contributed by atoms with Crippen molar-refractivity contribution in [3.63, 3.8) is 0 Å². The molecule has 0 atom stereocenters. The van der Waals surface area contributed by atoms with Gasteiger partial charge in [-0.05, 0) is 108 Å². The second-order valence-corrected chi connectivity index (χ2v) is 12.0. The third-order valence-corrected chi connectivity index (χ3v) is 9.08. The number of aryl methyl sites for hydroxylation is 4. The minimum absolute atomic E-state index is 0.552. The number of rotatable bonds is 6. The van der Waals surface area contributed by atoms with Crippen LogP contribution in [-0.4, -0.2) is 0 Å². The van der Waals surface area contributed by atoms with Gasteiger partial charge in [-0.25, -0.2) is 0 Å². The largest absolute Gasteiger partial charge is 0.455 e. The molecule has 222 valence electrons. The van der Waals surface area contributed by atoms with Gasteiger partial charge in [0.15, 0.2) is 11.5 Å². The van der Waals surface area contributed by atoms with E-state index in [1.165, 1.54) is 33.4 Å². The summed E-state index contributed by atoms with van der Waals surface area (Å²) in [6.45, 7) is 8.23. The Balaban J connectivity index is 1.41. The Morgan fingerprint density at radius 3 is 1.27 bits per heavy atom. The van der Waals surface area contributed by atoms with Crippen molar-refractivity contribution >= 4 is 11.4 Å². The minimum atomic E-state index is -0.552. The number of nitrogen functional groups attached to an aromatic ring is 2. The van der Waals surface area contributed by atoms with E-state index in [0.717, 1.165) is 33.8 Å². The van der Waals surface area contributed by atoms with Gasteiger partial charge in [-0.15, -0.1) is 0 Å². The topological polar surface area (TPSA) is 70.5 Å². The van der Waals surface area contributed by atoms with Crippen molar-refractivity contribution < 1.29 is 9.47 Å². The number of fused-ring (bicyclic) bond motifs is 3. The summed E-state index contributed by atoms with van der Waals surface area (Å²) in [4.78, 5) is 0. The van der Waals surface area contributed by atoms with Crippen LogP contribution in [-0.2, 0) is 5.41 Å². The Morgan fingerprint density at radius 1 is 0.444 bits per heavy atom. The Hall–Kier alpha value is -5.48. The fraction of sp³-hybridized carbons (Fsp3) is 0.122. The zero-order chi connectivity index (χ0) is 31.3. The maximum Gasteiger partial charge on any atom is 0.153 e. The predicted molar refractivity (Wildman–Crippen MR) is 185 cm³/mol. The second kappa shape index (κ2) is 10.9. The highest BCUT2D eigenvalue weighted by Crippen LogP contribution is 2.57. The van der Waals surface area contributed by atoms with Crippen LogP contribution < -0.4 is 20.9 Å². The van der Waals surface area contributed by atoms with E-state index >= 15 is 0 Å². The highest BCUT2D eigenvalue weighted by Gasteiger charge is 2.46. The van der Waals surface area contributed by atoms with Crippen LogP contribution >= 0.6 is 0 Å². The molecule has 4 heteroatoms. The summed E-state index contributed by atoms with van der Waals surface area (Å²) in [5.74, 6) is 2.95. The first-order valence-electron chi connectivity index (χ1n) is 15.3. The molecule has 7 rings (SSSR count). The molecule has 4 N–H and O–H groups in total. The predicted octanol–water partition coefficient (Wildman–Crippen LogP) is 10.0. The normalized spacial score (nSPS) is 12.8. The third-order valence-electron chi connectivity index (χ3n) is 9.08. The number of hydrogen-bond acceptors (Lipinski definition) is 4. The van der Waals surface area contributed by atoms with E-state index in [9.17, 15) is 0 Å². The summed E-state index contributed by atoms with van der Waals surface area (Å²) < 4.78 is 12.8. The summed E-state index contributed by atoms with van der Waals surface area (Å²) in [7, 11) is 0. The van der Waals surface area contributed by atoms with Gasteiger partial charge in [0.05, 0.1) is 16.8 Å². The van der Waals surface area contributed by atoms with Gasteiger partial charge in [0.25, 0.3) is 0 Å². The number of nitrogens with two attached hydrogens (primary N) is 2. The van der Waals surface area contributed by atoms with Gasteiger partial charge in [-0.1, -0.05) is 97.1 Å². The van der Waals surface area contributed by atoms with Gasteiger partial charge in [0, 0.05) is 0 Å². The molecule has 0 amide bonds. The molecule has 6 aromatic carbocycles. The van der Waals surface area contributed by atoms with Crippen LogP contribution in [0.1, 0.15) is 44.5 Å². The molecule has 0 bridgehead atoms. The average Bonchev–Trinajstić information content (AvgIpc) is 3.33. The van der Waals surface area contributed by atoms with Crippen LogP contribution in [0.5, 0.6) is 23.0 Å². The SMILES string of the molecule is Cc1cc(C2(c3ccc(Oc4c(C)cccc4N)c(C)c3)c3ccccc3-c3ccccc32)ccc1Oc1c(C)cccc1N. The van der Waals surface area contributed by atoms with E-state index in [1.807, 2.05) is 50.2 Å². The lowest BCUT2D eigenvalue weighted by molar-refractivity contribution is 0.476. The molecule has 0 spiro atoms. The van der Waals surface area contributed by atoms with E-state index in [0.29, 0.717) is 22.9 Å². The molecule has 0 saturated heterocycles. The molecule has 4 nitrogen and oxygen atoms in total. The van der Waals surface area contributed by atoms with Crippen molar-refractivity contribution in [2.75, 3.05) is 11.5 Å². The highest BCUT2D eigenvalue weighted by molar-refractivity contribution is 5.86. The minimum Gasteiger partial charge on any atom is -0.455 e. The molecule has 0 heterocycles. The van der Waals surface area contributed by atoms with Crippen molar-refractivity contribution in [2.45, 2.75) is 33.1 Å². The molecule has 0 radical (unpaired) electrons. The molecule has 6 aromatic rings. The number of ether oxygens (including phenoxy) is 2. The molecular formula is C41H36N2O2. The lowest BCUT2D eigenvalue weighted by Gasteiger charge is -2.34. The highest BCUT2D eigenvalue weighted by atomic mass is 16.5. The van der Waals surface area contributed by atoms with Crippen LogP contribution in [0.4, 0.5) is 11.4 Å². The average molecular weight is 589 g/mol. The molecule has 0 saturated carbocycles. The van der Waals surface area contributed by atoms with Crippen molar-refractivity contribution in [3.8, 4) is 34.1 Å². The van der Waals surface area contributed by atoms with E-state index < -0.39 is 5.41 Å². The van der Waals surface area contributed by atoms with Crippen molar-refractivity contribution in [1.29, 1.82) is 0 Å². The quantitative estimate of drug-likeness (QED) is 0.190. The summed E-state index contributed by atoms with van der Waals surface area (Å²) in [5, 5.41) is 0. The number of anilines is 2. The molecule has 0 aliphatic heterocycles. The number of benzene rings is 6. The van der Waals surface area contributed by atoms with E-state index in [-0.39, 0.29) is 0 Å². The van der Waals surface area contributed by atoms with Crippen molar-refractivity contribution in [2.24, 2.45) is 0 Å². The first-order valence-corrected chi connectivity index (χ1v) is 15.3. The Labute approximate surface area is 264 Å². The Kier molecular flexibility index (Phi) is 6.86. The van der Waals surface area contributed by atoms with Crippen molar-refractivity contribution in [1.82, 2.24) is 0 Å². The molecule has 0 unspecified atom stereocenters. The second-order valence-electron chi connectivity index (χ2n) is 12.0. The number of para-hydroxylation sites is 2. The van der Waals surface area contributed by atoms with Crippen LogP contribution in [0.2, 0.25) is 0 Å². The van der Waals surface area contributed by atoms with E-state index in [4.69, 9.17) is 20.9 Å². The van der Waals surface area contributed by atoms with E-state index in [1.54, 1.807) is 0 Å². The molecule has 0 fully saturated rings. The Morgan fingerprint density at radius 2 is 0.867 bits per heavy atom. The van der Waals surface area contributed by atoms with Crippen LogP contribution in [0.3, 0.4) is 0 Å². The summed E-state index contributed by atoms with van der Waals surface area (Å²) in [6, 6.07) is 42.2. The zero-order valence-corrected chi connectivity index (χ0v) is 26.0. The molecule has 0 aromatic heterocycles. The fourth-order valence-electron chi connectivity index (χ4n) is 6.87. The van der Waals surface area contributed by atoms with Gasteiger partial charge < -0.3 is 20.9 Å². The monoisotopic (exact) mass is 588 g/mol. The summed E-state index contributed by atoms with van der Waals surface area (Å²) in [6.07, 6.45) is 0. The van der Waals surface area contributed by atoms with Crippen molar-refractivity contribution in [3.05, 3.63) is 166 Å². The molecule has 45 heavy (non-hydrogen) atoms. The van der Waals surface area contributed by atoms with Gasteiger partial charge in [-0.2, -0.15) is 0 Å². The van der Waals surface area contributed by atoms with Crippen LogP contribution in [0, 0.1) is 27.7 Å². The first-order chi connectivity index (χ1) is 21.8. The van der Waals surface area contributed by atoms with Crippen LogP contribution in [0.25, 0.3) is 11.1 Å². The maximum absolute atomic E-state index is 6.42. The van der Waals surface area contributed by atoms with E-state index in [2.05, 4.69) is 98.8 Å². The van der Waals surface area contributed by atoms with Gasteiger partial charge >= 0.3 is 0 Å². The summed E-state index contributed by atoms with van der Waals surface area (Å²) in [5.41, 5.74) is 24.7.